The Kier molecular flexibility index (Phi) is 3.30. The molecule has 5 heteroatoms. The zero-order valence-electron chi connectivity index (χ0n) is 11.7. The van der Waals surface area contributed by atoms with E-state index < -0.39 is 0 Å². The largest absolute Gasteiger partial charge is 0.423 e. The van der Waals surface area contributed by atoms with Gasteiger partial charge in [0.2, 0.25) is 0 Å². The van der Waals surface area contributed by atoms with Gasteiger partial charge in [0.05, 0.1) is 17.8 Å². The van der Waals surface area contributed by atoms with E-state index in [0.717, 1.165) is 31.6 Å². The summed E-state index contributed by atoms with van der Waals surface area (Å²) in [6.07, 6.45) is 4.07. The quantitative estimate of drug-likeness (QED) is 0.750. The Morgan fingerprint density at radius 3 is 2.85 bits per heavy atom. The van der Waals surface area contributed by atoms with Crippen molar-refractivity contribution in [3.8, 4) is 0 Å². The molecule has 0 spiro atoms. The Morgan fingerprint density at radius 2 is 2.20 bits per heavy atom. The lowest BCUT2D eigenvalue weighted by atomic mass is 9.77. The Balaban J connectivity index is 1.86. The van der Waals surface area contributed by atoms with E-state index in [-0.39, 0.29) is 12.1 Å². The summed E-state index contributed by atoms with van der Waals surface area (Å²) in [4.78, 5) is 4.40. The summed E-state index contributed by atoms with van der Waals surface area (Å²) in [6.45, 7) is 2.34. The average Bonchev–Trinajstić information content (AvgIpc) is 2.86. The number of oxazole rings is 1. The lowest BCUT2D eigenvalue weighted by Gasteiger charge is -2.38. The van der Waals surface area contributed by atoms with Crippen LogP contribution >= 0.6 is 0 Å². The molecule has 0 aliphatic heterocycles. The molecule has 20 heavy (non-hydrogen) atoms. The van der Waals surface area contributed by atoms with Crippen molar-refractivity contribution in [2.24, 2.45) is 5.92 Å². The van der Waals surface area contributed by atoms with E-state index in [9.17, 15) is 5.11 Å². The number of benzene rings is 1. The number of anilines is 2. The van der Waals surface area contributed by atoms with Crippen LogP contribution in [0.25, 0.3) is 11.1 Å². The summed E-state index contributed by atoms with van der Waals surface area (Å²) >= 11 is 0. The summed E-state index contributed by atoms with van der Waals surface area (Å²) < 4.78 is 5.69. The van der Waals surface area contributed by atoms with Crippen molar-refractivity contribution >= 4 is 22.8 Å². The van der Waals surface area contributed by atoms with Crippen LogP contribution in [-0.4, -0.2) is 22.2 Å². The SMILES string of the molecule is CC1CCC(CO)(Nc2nc3c(N)cccc3o2)CC1. The van der Waals surface area contributed by atoms with Crippen molar-refractivity contribution < 1.29 is 9.52 Å². The van der Waals surface area contributed by atoms with Gasteiger partial charge >= 0.3 is 0 Å². The summed E-state index contributed by atoms with van der Waals surface area (Å²) in [5, 5.41) is 13.1. The Labute approximate surface area is 118 Å². The highest BCUT2D eigenvalue weighted by Gasteiger charge is 2.34. The van der Waals surface area contributed by atoms with Gasteiger partial charge < -0.3 is 20.6 Å². The minimum Gasteiger partial charge on any atom is -0.423 e. The lowest BCUT2D eigenvalue weighted by molar-refractivity contribution is 0.153. The monoisotopic (exact) mass is 275 g/mol. The normalized spacial score (nSPS) is 26.8. The number of fused-ring (bicyclic) bond motifs is 1. The molecule has 0 atom stereocenters. The molecule has 1 heterocycles. The third-order valence-electron chi connectivity index (χ3n) is 4.36. The number of hydrogen-bond acceptors (Lipinski definition) is 5. The third kappa shape index (κ3) is 2.33. The van der Waals surface area contributed by atoms with Crippen LogP contribution in [0, 0.1) is 5.92 Å². The fraction of sp³-hybridized carbons (Fsp3) is 0.533. The fourth-order valence-corrected chi connectivity index (χ4v) is 2.89. The van der Waals surface area contributed by atoms with Gasteiger partial charge in [0.25, 0.3) is 6.01 Å². The fourth-order valence-electron chi connectivity index (χ4n) is 2.89. The molecule has 0 amide bonds. The number of nitrogens with one attached hydrogen (secondary N) is 1. The first kappa shape index (κ1) is 13.2. The number of nitrogens with two attached hydrogens (primary N) is 1. The van der Waals surface area contributed by atoms with Crippen LogP contribution in [-0.2, 0) is 0 Å². The Bertz CT molecular complexity index is 600. The van der Waals surface area contributed by atoms with Gasteiger partial charge in [-0.1, -0.05) is 13.0 Å². The van der Waals surface area contributed by atoms with Gasteiger partial charge in [-0.05, 0) is 43.7 Å². The average molecular weight is 275 g/mol. The smallest absolute Gasteiger partial charge is 0.296 e. The van der Waals surface area contributed by atoms with Gasteiger partial charge in [0.1, 0.15) is 5.52 Å². The van der Waals surface area contributed by atoms with E-state index in [1.807, 2.05) is 12.1 Å². The second-order valence-corrected chi connectivity index (χ2v) is 5.96. The first-order valence-corrected chi connectivity index (χ1v) is 7.16. The van der Waals surface area contributed by atoms with Gasteiger partial charge in [-0.15, -0.1) is 0 Å². The molecule has 4 N–H and O–H groups in total. The van der Waals surface area contributed by atoms with Crippen LogP contribution in [0.4, 0.5) is 11.7 Å². The van der Waals surface area contributed by atoms with Gasteiger partial charge in [-0.2, -0.15) is 4.98 Å². The second kappa shape index (κ2) is 4.98. The molecule has 1 aliphatic rings. The highest BCUT2D eigenvalue weighted by Crippen LogP contribution is 2.35. The molecule has 108 valence electrons. The van der Waals surface area contributed by atoms with E-state index in [0.29, 0.717) is 22.8 Å². The summed E-state index contributed by atoms with van der Waals surface area (Å²) in [5.41, 5.74) is 7.52. The van der Waals surface area contributed by atoms with Crippen molar-refractivity contribution in [2.45, 2.75) is 38.1 Å². The standard InChI is InChI=1S/C15H21N3O2/c1-10-5-7-15(9-19,8-6-10)18-14-17-13-11(16)3-2-4-12(13)20-14/h2-4,10,19H,5-9,16H2,1H3,(H,17,18). The van der Waals surface area contributed by atoms with Crippen LogP contribution in [0.15, 0.2) is 22.6 Å². The molecule has 3 rings (SSSR count). The number of aliphatic hydroxyl groups excluding tert-OH is 1. The maximum Gasteiger partial charge on any atom is 0.296 e. The van der Waals surface area contributed by atoms with Crippen molar-refractivity contribution in [2.75, 3.05) is 17.7 Å². The molecule has 5 nitrogen and oxygen atoms in total. The van der Waals surface area contributed by atoms with Crippen LogP contribution in [0.5, 0.6) is 0 Å². The predicted molar refractivity (Wildman–Crippen MR) is 79.5 cm³/mol. The zero-order chi connectivity index (χ0) is 14.2. The van der Waals surface area contributed by atoms with Gasteiger partial charge in [0.15, 0.2) is 5.58 Å². The summed E-state index contributed by atoms with van der Waals surface area (Å²) in [6, 6.07) is 5.94. The molecule has 1 fully saturated rings. The molecule has 1 aromatic heterocycles. The van der Waals surface area contributed by atoms with E-state index in [2.05, 4.69) is 17.2 Å². The molecular formula is C15H21N3O2. The molecule has 0 radical (unpaired) electrons. The van der Waals surface area contributed by atoms with Crippen molar-refractivity contribution in [1.82, 2.24) is 4.98 Å². The molecule has 1 aromatic carbocycles. The minimum absolute atomic E-state index is 0.0912. The van der Waals surface area contributed by atoms with Gasteiger partial charge in [0, 0.05) is 0 Å². The minimum atomic E-state index is -0.317. The molecule has 2 aromatic rings. The molecule has 1 aliphatic carbocycles. The van der Waals surface area contributed by atoms with Gasteiger partial charge in [-0.25, -0.2) is 0 Å². The Hall–Kier alpha value is -1.75. The highest BCUT2D eigenvalue weighted by atomic mass is 16.4. The molecule has 0 unspecified atom stereocenters. The lowest BCUT2D eigenvalue weighted by Crippen LogP contribution is -2.45. The number of rotatable bonds is 3. The Morgan fingerprint density at radius 1 is 1.45 bits per heavy atom. The number of nitrogens with zero attached hydrogens (tertiary/aromatic N) is 1. The zero-order valence-corrected chi connectivity index (χ0v) is 11.7. The van der Waals surface area contributed by atoms with E-state index >= 15 is 0 Å². The van der Waals surface area contributed by atoms with Crippen molar-refractivity contribution in [3.63, 3.8) is 0 Å². The van der Waals surface area contributed by atoms with E-state index in [1.165, 1.54) is 0 Å². The molecule has 0 bridgehead atoms. The van der Waals surface area contributed by atoms with Crippen LogP contribution in [0.2, 0.25) is 0 Å². The number of nitrogen functional groups attached to an aromatic ring is 1. The second-order valence-electron chi connectivity index (χ2n) is 5.96. The summed E-state index contributed by atoms with van der Waals surface area (Å²) in [5.74, 6) is 0.718. The third-order valence-corrected chi connectivity index (χ3v) is 4.36. The van der Waals surface area contributed by atoms with E-state index in [1.54, 1.807) is 6.07 Å². The van der Waals surface area contributed by atoms with Crippen molar-refractivity contribution in [1.29, 1.82) is 0 Å². The molecule has 0 saturated heterocycles. The van der Waals surface area contributed by atoms with Crippen LogP contribution in [0.1, 0.15) is 32.6 Å². The molecule has 1 saturated carbocycles. The van der Waals surface area contributed by atoms with Crippen LogP contribution < -0.4 is 11.1 Å². The molecular weight excluding hydrogens is 254 g/mol. The first-order valence-electron chi connectivity index (χ1n) is 7.16. The predicted octanol–water partition coefficient (Wildman–Crippen LogP) is 2.76. The maximum atomic E-state index is 9.76. The van der Waals surface area contributed by atoms with Gasteiger partial charge in [-0.3, -0.25) is 0 Å². The number of hydrogen-bond donors (Lipinski definition) is 3. The van der Waals surface area contributed by atoms with Crippen LogP contribution in [0.3, 0.4) is 0 Å². The maximum absolute atomic E-state index is 9.76. The number of para-hydroxylation sites is 1. The van der Waals surface area contributed by atoms with E-state index in [4.69, 9.17) is 10.2 Å². The number of aliphatic hydroxyl groups is 1. The van der Waals surface area contributed by atoms with Crippen molar-refractivity contribution in [3.05, 3.63) is 18.2 Å². The summed E-state index contributed by atoms with van der Waals surface area (Å²) in [7, 11) is 0. The topological polar surface area (TPSA) is 84.3 Å². The first-order chi connectivity index (χ1) is 9.62. The number of aromatic nitrogens is 1. The highest BCUT2D eigenvalue weighted by molar-refractivity contribution is 5.86.